The summed E-state index contributed by atoms with van der Waals surface area (Å²) in [5.74, 6) is 1.37. The van der Waals surface area contributed by atoms with Crippen LogP contribution in [0, 0.1) is 13.8 Å². The second-order valence-corrected chi connectivity index (χ2v) is 9.09. The standard InChI is InChI=1S/C26H33N7O3/c1-18-20(3)32(11-5-10-31-12-14-35-15-13-31)25-24(18)26-28-23(29-33(26)17-27-25)16-36-30-19(2)21-6-8-22(34-4)9-7-21/h6-9,17H,5,10-16H2,1-4H3/b30-19-. The molecule has 0 bridgehead atoms. The quantitative estimate of drug-likeness (QED) is 0.262. The lowest BCUT2D eigenvalue weighted by molar-refractivity contribution is 0.0369. The number of rotatable bonds is 9. The van der Waals surface area contributed by atoms with Gasteiger partial charge in [-0.3, -0.25) is 4.90 Å². The van der Waals surface area contributed by atoms with E-state index < -0.39 is 0 Å². The Bertz CT molecular complexity index is 1370. The van der Waals surface area contributed by atoms with Gasteiger partial charge < -0.3 is 18.9 Å². The summed E-state index contributed by atoms with van der Waals surface area (Å²) in [5.41, 5.74) is 5.88. The fourth-order valence-corrected chi connectivity index (χ4v) is 4.66. The number of hydrogen-bond acceptors (Lipinski definition) is 8. The Hall–Kier alpha value is -3.50. The maximum Gasteiger partial charge on any atom is 0.192 e. The van der Waals surface area contributed by atoms with E-state index in [0.29, 0.717) is 5.82 Å². The Morgan fingerprint density at radius 2 is 1.86 bits per heavy atom. The SMILES string of the molecule is COc1ccc(/C(C)=N\OCc2nc3c4c(C)c(C)n(CCCN5CCOCC5)c4ncn3n2)cc1. The molecule has 190 valence electrons. The van der Waals surface area contributed by atoms with Crippen molar-refractivity contribution in [1.29, 1.82) is 0 Å². The zero-order valence-corrected chi connectivity index (χ0v) is 21.4. The molecule has 4 aromatic rings. The average Bonchev–Trinajstić information content (AvgIpc) is 3.43. The normalized spacial score (nSPS) is 15.2. The third-order valence-electron chi connectivity index (χ3n) is 6.85. The van der Waals surface area contributed by atoms with Crippen LogP contribution < -0.4 is 4.74 Å². The predicted molar refractivity (Wildman–Crippen MR) is 138 cm³/mol. The lowest BCUT2D eigenvalue weighted by Crippen LogP contribution is -2.37. The molecule has 5 rings (SSSR count). The number of morpholine rings is 1. The van der Waals surface area contributed by atoms with Crippen LogP contribution >= 0.6 is 0 Å². The number of aryl methyl sites for hydroxylation is 2. The van der Waals surface area contributed by atoms with Crippen molar-refractivity contribution in [1.82, 2.24) is 29.0 Å². The van der Waals surface area contributed by atoms with Crippen LogP contribution in [-0.2, 0) is 22.7 Å². The molecule has 36 heavy (non-hydrogen) atoms. The van der Waals surface area contributed by atoms with Gasteiger partial charge in [-0.1, -0.05) is 5.16 Å². The van der Waals surface area contributed by atoms with Gasteiger partial charge >= 0.3 is 0 Å². The van der Waals surface area contributed by atoms with Crippen LogP contribution in [0.25, 0.3) is 16.7 Å². The summed E-state index contributed by atoms with van der Waals surface area (Å²) in [5, 5.41) is 9.84. The number of fused-ring (bicyclic) bond motifs is 3. The van der Waals surface area contributed by atoms with Crippen LogP contribution in [0.2, 0.25) is 0 Å². The summed E-state index contributed by atoms with van der Waals surface area (Å²) < 4.78 is 14.7. The maximum absolute atomic E-state index is 5.58. The number of oxime groups is 1. The van der Waals surface area contributed by atoms with Gasteiger partial charge in [0.2, 0.25) is 0 Å². The van der Waals surface area contributed by atoms with E-state index in [4.69, 9.17) is 24.3 Å². The number of benzene rings is 1. The fraction of sp³-hybridized carbons (Fsp3) is 0.462. The number of hydrogen-bond donors (Lipinski definition) is 0. The molecule has 0 saturated carbocycles. The Labute approximate surface area is 210 Å². The number of ether oxygens (including phenoxy) is 2. The first kappa shape index (κ1) is 24.2. The molecule has 1 saturated heterocycles. The molecule has 1 aromatic carbocycles. The summed E-state index contributed by atoms with van der Waals surface area (Å²) in [6.45, 7) is 12.0. The van der Waals surface area contributed by atoms with E-state index in [0.717, 1.165) is 79.5 Å². The molecule has 0 N–H and O–H groups in total. The van der Waals surface area contributed by atoms with E-state index in [1.807, 2.05) is 31.2 Å². The molecule has 1 fully saturated rings. The second kappa shape index (κ2) is 10.6. The highest BCUT2D eigenvalue weighted by molar-refractivity contribution is 5.98. The van der Waals surface area contributed by atoms with Crippen LogP contribution in [0.15, 0.2) is 35.7 Å². The molecular weight excluding hydrogens is 458 g/mol. The highest BCUT2D eigenvalue weighted by Gasteiger charge is 2.18. The molecule has 4 heterocycles. The van der Waals surface area contributed by atoms with Gasteiger partial charge in [0.25, 0.3) is 0 Å². The Morgan fingerprint density at radius 1 is 1.08 bits per heavy atom. The van der Waals surface area contributed by atoms with Gasteiger partial charge in [0.1, 0.15) is 17.7 Å². The van der Waals surface area contributed by atoms with Crippen molar-refractivity contribution in [3.05, 3.63) is 53.2 Å². The van der Waals surface area contributed by atoms with Crippen molar-refractivity contribution < 1.29 is 14.3 Å². The minimum absolute atomic E-state index is 0.176. The zero-order chi connectivity index (χ0) is 25.1. The van der Waals surface area contributed by atoms with E-state index in [2.05, 4.69) is 33.6 Å². The predicted octanol–water partition coefficient (Wildman–Crippen LogP) is 3.37. The van der Waals surface area contributed by atoms with Gasteiger partial charge in [-0.25, -0.2) is 14.5 Å². The van der Waals surface area contributed by atoms with Crippen molar-refractivity contribution in [3.8, 4) is 5.75 Å². The molecule has 0 amide bonds. The molecule has 0 spiro atoms. The monoisotopic (exact) mass is 491 g/mol. The minimum Gasteiger partial charge on any atom is -0.497 e. The van der Waals surface area contributed by atoms with Crippen LogP contribution in [0.1, 0.15) is 36.0 Å². The Kier molecular flexibility index (Phi) is 7.15. The fourth-order valence-electron chi connectivity index (χ4n) is 4.66. The Balaban J connectivity index is 1.30. The molecule has 10 nitrogen and oxygen atoms in total. The van der Waals surface area contributed by atoms with Gasteiger partial charge in [0, 0.05) is 31.9 Å². The van der Waals surface area contributed by atoms with Crippen LogP contribution in [-0.4, -0.2) is 74.7 Å². The zero-order valence-electron chi connectivity index (χ0n) is 21.4. The van der Waals surface area contributed by atoms with Crippen LogP contribution in [0.4, 0.5) is 0 Å². The van der Waals surface area contributed by atoms with Crippen LogP contribution in [0.5, 0.6) is 5.75 Å². The molecule has 1 aliphatic rings. The number of methoxy groups -OCH3 is 1. The van der Waals surface area contributed by atoms with E-state index in [1.54, 1.807) is 18.0 Å². The molecular formula is C26H33N7O3. The minimum atomic E-state index is 0.176. The highest BCUT2D eigenvalue weighted by atomic mass is 16.6. The van der Waals surface area contributed by atoms with Crippen molar-refractivity contribution in [3.63, 3.8) is 0 Å². The van der Waals surface area contributed by atoms with Crippen molar-refractivity contribution in [2.75, 3.05) is 40.0 Å². The molecule has 10 heteroatoms. The van der Waals surface area contributed by atoms with E-state index in [-0.39, 0.29) is 6.61 Å². The van der Waals surface area contributed by atoms with E-state index in [1.165, 1.54) is 11.3 Å². The molecule has 1 aliphatic heterocycles. The largest absolute Gasteiger partial charge is 0.497 e. The lowest BCUT2D eigenvalue weighted by atomic mass is 10.1. The highest BCUT2D eigenvalue weighted by Crippen LogP contribution is 2.27. The van der Waals surface area contributed by atoms with Crippen molar-refractivity contribution in [2.24, 2.45) is 5.16 Å². The lowest BCUT2D eigenvalue weighted by Gasteiger charge is -2.26. The maximum atomic E-state index is 5.58. The molecule has 3 aromatic heterocycles. The van der Waals surface area contributed by atoms with E-state index >= 15 is 0 Å². The summed E-state index contributed by atoms with van der Waals surface area (Å²) >= 11 is 0. The smallest absolute Gasteiger partial charge is 0.192 e. The molecule has 0 radical (unpaired) electrons. The first-order valence-corrected chi connectivity index (χ1v) is 12.4. The summed E-state index contributed by atoms with van der Waals surface area (Å²) in [6, 6.07) is 7.69. The van der Waals surface area contributed by atoms with Gasteiger partial charge in [-0.15, -0.1) is 5.10 Å². The third kappa shape index (κ3) is 4.91. The van der Waals surface area contributed by atoms with Gasteiger partial charge in [0.15, 0.2) is 18.1 Å². The van der Waals surface area contributed by atoms with Gasteiger partial charge in [0.05, 0.1) is 31.4 Å². The van der Waals surface area contributed by atoms with Crippen LogP contribution in [0.3, 0.4) is 0 Å². The summed E-state index contributed by atoms with van der Waals surface area (Å²) in [6.07, 6.45) is 2.80. The molecule has 0 aliphatic carbocycles. The molecule has 0 unspecified atom stereocenters. The first-order valence-electron chi connectivity index (χ1n) is 12.4. The number of nitrogens with zero attached hydrogens (tertiary/aromatic N) is 7. The van der Waals surface area contributed by atoms with Crippen molar-refractivity contribution in [2.45, 2.75) is 40.3 Å². The average molecular weight is 492 g/mol. The summed E-state index contributed by atoms with van der Waals surface area (Å²) in [7, 11) is 1.65. The number of aromatic nitrogens is 5. The second-order valence-electron chi connectivity index (χ2n) is 9.09. The van der Waals surface area contributed by atoms with Gasteiger partial charge in [-0.05, 0) is 62.6 Å². The summed E-state index contributed by atoms with van der Waals surface area (Å²) in [4.78, 5) is 17.6. The first-order chi connectivity index (χ1) is 17.5. The topological polar surface area (TPSA) is 91.3 Å². The van der Waals surface area contributed by atoms with E-state index in [9.17, 15) is 0 Å². The van der Waals surface area contributed by atoms with Gasteiger partial charge in [-0.2, -0.15) is 0 Å². The van der Waals surface area contributed by atoms with Crippen molar-refractivity contribution >= 4 is 22.4 Å². The molecule has 0 atom stereocenters. The third-order valence-corrected chi connectivity index (χ3v) is 6.85. The Morgan fingerprint density at radius 3 is 2.61 bits per heavy atom.